The van der Waals surface area contributed by atoms with E-state index < -0.39 is 0 Å². The van der Waals surface area contributed by atoms with Gasteiger partial charge in [-0.25, -0.2) is 0 Å². The lowest BCUT2D eigenvalue weighted by Gasteiger charge is -2.60. The van der Waals surface area contributed by atoms with Crippen LogP contribution in [0.25, 0.3) is 0 Å². The lowest BCUT2D eigenvalue weighted by atomic mass is 9.45. The maximum Gasteiger partial charge on any atom is -0.0246 e. The summed E-state index contributed by atoms with van der Waals surface area (Å²) in [6.07, 6.45) is 16.4. The van der Waals surface area contributed by atoms with E-state index in [1.54, 1.807) is 0 Å². The summed E-state index contributed by atoms with van der Waals surface area (Å²) in [5.74, 6) is 15.4. The second kappa shape index (κ2) is 18.5. The zero-order valence-electron chi connectivity index (χ0n) is 36.0. The molecule has 0 heteroatoms. The fourth-order valence-corrected chi connectivity index (χ4v) is 11.3. The average Bonchev–Trinajstić information content (AvgIpc) is 3.74. The maximum absolute atomic E-state index is 2.49. The van der Waals surface area contributed by atoms with Crippen molar-refractivity contribution >= 4 is 0 Å². The van der Waals surface area contributed by atoms with Crippen molar-refractivity contribution in [3.63, 3.8) is 0 Å². The van der Waals surface area contributed by atoms with Crippen LogP contribution in [0.4, 0.5) is 0 Å². The van der Waals surface area contributed by atoms with Crippen LogP contribution in [-0.4, -0.2) is 0 Å². The van der Waals surface area contributed by atoms with E-state index in [1.807, 2.05) is 0 Å². The van der Waals surface area contributed by atoms with Crippen LogP contribution in [0, 0.1) is 106 Å². The Hall–Kier alpha value is 0. The molecule has 0 aromatic heterocycles. The van der Waals surface area contributed by atoms with Crippen LogP contribution in [-0.2, 0) is 0 Å². The van der Waals surface area contributed by atoms with Crippen molar-refractivity contribution in [3.05, 3.63) is 0 Å². The van der Waals surface area contributed by atoms with Crippen LogP contribution in [0.1, 0.15) is 195 Å². The summed E-state index contributed by atoms with van der Waals surface area (Å²) in [5.41, 5.74) is 1.34. The molecular weight excluding hydrogens is 565 g/mol. The van der Waals surface area contributed by atoms with Gasteiger partial charge in [0, 0.05) is 0 Å². The van der Waals surface area contributed by atoms with Crippen LogP contribution in [0.2, 0.25) is 0 Å². The van der Waals surface area contributed by atoms with Gasteiger partial charge >= 0.3 is 0 Å². The molecule has 5 rings (SSSR count). The Morgan fingerprint density at radius 2 is 0.830 bits per heavy atom. The first-order valence-corrected chi connectivity index (χ1v) is 21.6. The Morgan fingerprint density at radius 1 is 0.447 bits per heavy atom. The topological polar surface area (TPSA) is 0 Å². The van der Waals surface area contributed by atoms with E-state index in [2.05, 4.69) is 125 Å². The van der Waals surface area contributed by atoms with E-state index in [0.717, 1.165) is 100 Å². The highest BCUT2D eigenvalue weighted by molar-refractivity contribution is 5.03. The van der Waals surface area contributed by atoms with E-state index in [9.17, 15) is 0 Å². The summed E-state index contributed by atoms with van der Waals surface area (Å²) in [5, 5.41) is 0. The van der Waals surface area contributed by atoms with Crippen molar-refractivity contribution in [2.24, 2.45) is 106 Å². The van der Waals surface area contributed by atoms with Crippen LogP contribution in [0.3, 0.4) is 0 Å². The molecule has 0 N–H and O–H groups in total. The van der Waals surface area contributed by atoms with E-state index in [-0.39, 0.29) is 0 Å². The minimum atomic E-state index is 0.474. The minimum Gasteiger partial charge on any atom is -0.0625 e. The number of rotatable bonds is 6. The fourth-order valence-electron chi connectivity index (χ4n) is 11.3. The second-order valence-electron chi connectivity index (χ2n) is 21.6. The van der Waals surface area contributed by atoms with Crippen molar-refractivity contribution < 1.29 is 0 Å². The van der Waals surface area contributed by atoms with E-state index >= 15 is 0 Å². The molecule has 5 saturated carbocycles. The summed E-state index contributed by atoms with van der Waals surface area (Å²) >= 11 is 0. The molecule has 0 nitrogen and oxygen atoms in total. The first-order chi connectivity index (χ1) is 21.6. The van der Waals surface area contributed by atoms with Gasteiger partial charge in [-0.1, -0.05) is 131 Å². The Balaban J connectivity index is 0.000000226. The minimum absolute atomic E-state index is 0.474. The molecule has 8 unspecified atom stereocenters. The molecule has 8 atom stereocenters. The summed E-state index contributed by atoms with van der Waals surface area (Å²) in [6.45, 7) is 43.2. The zero-order chi connectivity index (χ0) is 36.0. The fraction of sp³-hybridized carbons (Fsp3) is 1.00. The molecule has 0 aromatic rings. The third-order valence-electron chi connectivity index (χ3n) is 15.5. The molecule has 0 heterocycles. The molecule has 5 aliphatic carbocycles. The van der Waals surface area contributed by atoms with Gasteiger partial charge in [0.05, 0.1) is 0 Å². The molecular formula is C47H92. The molecule has 0 saturated heterocycles. The van der Waals surface area contributed by atoms with Crippen LogP contribution in [0.15, 0.2) is 0 Å². The lowest BCUT2D eigenvalue weighted by Crippen LogP contribution is -2.51. The molecule has 0 aliphatic heterocycles. The van der Waals surface area contributed by atoms with Gasteiger partial charge in [0.2, 0.25) is 0 Å². The molecule has 1 spiro atoms. The molecule has 0 aromatic carbocycles. The normalized spacial score (nSPS) is 36.3. The van der Waals surface area contributed by atoms with Crippen molar-refractivity contribution in [2.75, 3.05) is 0 Å². The first-order valence-electron chi connectivity index (χ1n) is 21.6. The maximum atomic E-state index is 2.49. The van der Waals surface area contributed by atoms with E-state index in [1.165, 1.54) is 70.6 Å². The monoisotopic (exact) mass is 657 g/mol. The second-order valence-corrected chi connectivity index (χ2v) is 21.6. The number of hydrogen-bond donors (Lipinski definition) is 0. The third-order valence-corrected chi connectivity index (χ3v) is 15.5. The summed E-state index contributed by atoms with van der Waals surface area (Å²) in [6, 6.07) is 0. The molecule has 0 bridgehead atoms. The zero-order valence-corrected chi connectivity index (χ0v) is 36.0. The standard InChI is InChI=1S/C17H34.C12H24.C9H16.C9H18/c1-11(2)14-10-16(17(6,7)8)15(12(3)4)9-13(14)5;1-9(2)11-5-7-12(8-6-11)10(3)4;1-7-6-8(2)9(7)4-3-5-9;1-6(2)8-5-9(8)7(3)4/h11-16H,9-10H2,1-8H3;9-12H,5-8H2,1-4H3;7-8H,3-6H2,1-2H3;6-9H,5H2,1-4H3. The predicted molar refractivity (Wildman–Crippen MR) is 214 cm³/mol. The first kappa shape index (κ1) is 43.2. The highest BCUT2D eigenvalue weighted by atomic mass is 14.6. The van der Waals surface area contributed by atoms with E-state index in [0.29, 0.717) is 5.41 Å². The summed E-state index contributed by atoms with van der Waals surface area (Å²) < 4.78 is 0. The van der Waals surface area contributed by atoms with Gasteiger partial charge in [-0.15, -0.1) is 0 Å². The van der Waals surface area contributed by atoms with Crippen molar-refractivity contribution in [1.29, 1.82) is 0 Å². The third kappa shape index (κ3) is 12.0. The van der Waals surface area contributed by atoms with E-state index in [4.69, 9.17) is 0 Å². The molecule has 0 amide bonds. The van der Waals surface area contributed by atoms with Gasteiger partial charge in [-0.2, -0.15) is 0 Å². The Bertz CT molecular complexity index is 800. The van der Waals surface area contributed by atoms with Gasteiger partial charge in [-0.05, 0) is 170 Å². The number of hydrogen-bond acceptors (Lipinski definition) is 0. The predicted octanol–water partition coefficient (Wildman–Crippen LogP) is 15.5. The van der Waals surface area contributed by atoms with Gasteiger partial charge in [0.25, 0.3) is 0 Å². The van der Waals surface area contributed by atoms with Crippen LogP contribution >= 0.6 is 0 Å². The Labute approximate surface area is 300 Å². The lowest BCUT2D eigenvalue weighted by molar-refractivity contribution is -0.100. The smallest absolute Gasteiger partial charge is 0.0246 e. The SMILES string of the molecule is CC(C)C1CC(C(C)(C)C)C(C(C)C)CC1C.CC(C)C1CC1C(C)C.CC(C)C1CCC(C(C)C)CC1.CC1CC(C)C12CCC2. The Kier molecular flexibility index (Phi) is 17.0. The molecule has 5 fully saturated rings. The largest absolute Gasteiger partial charge is 0.0625 e. The van der Waals surface area contributed by atoms with Crippen molar-refractivity contribution in [1.82, 2.24) is 0 Å². The Morgan fingerprint density at radius 3 is 1.04 bits per heavy atom. The van der Waals surface area contributed by atoms with Crippen LogP contribution < -0.4 is 0 Å². The highest BCUT2D eigenvalue weighted by Crippen LogP contribution is 2.63. The molecule has 47 heavy (non-hydrogen) atoms. The highest BCUT2D eigenvalue weighted by Gasteiger charge is 2.53. The van der Waals surface area contributed by atoms with Gasteiger partial charge in [0.15, 0.2) is 0 Å². The van der Waals surface area contributed by atoms with Crippen LogP contribution in [0.5, 0.6) is 0 Å². The average molecular weight is 657 g/mol. The van der Waals surface area contributed by atoms with Crippen molar-refractivity contribution in [3.8, 4) is 0 Å². The molecule has 280 valence electrons. The quantitative estimate of drug-likeness (QED) is 0.267. The molecule has 0 radical (unpaired) electrons. The van der Waals surface area contributed by atoms with Gasteiger partial charge in [-0.3, -0.25) is 0 Å². The van der Waals surface area contributed by atoms with Crippen molar-refractivity contribution in [2.45, 2.75) is 195 Å². The molecule has 5 aliphatic rings. The van der Waals surface area contributed by atoms with Gasteiger partial charge in [0.1, 0.15) is 0 Å². The van der Waals surface area contributed by atoms with Gasteiger partial charge < -0.3 is 0 Å². The summed E-state index contributed by atoms with van der Waals surface area (Å²) in [4.78, 5) is 0. The summed E-state index contributed by atoms with van der Waals surface area (Å²) in [7, 11) is 0.